The molecular formula is C74H96N16O16S. The minimum Gasteiger partial charge on any atom is -0.481 e. The van der Waals surface area contributed by atoms with Crippen molar-refractivity contribution in [3.8, 4) is 11.4 Å². The van der Waals surface area contributed by atoms with Gasteiger partial charge in [-0.05, 0) is 137 Å². The van der Waals surface area contributed by atoms with Crippen LogP contribution in [0.1, 0.15) is 107 Å². The number of fused-ring (bicyclic) bond motifs is 5. The van der Waals surface area contributed by atoms with Gasteiger partial charge >= 0.3 is 30.0 Å². The number of aliphatic carboxylic acids is 1. The molecule has 574 valence electrons. The van der Waals surface area contributed by atoms with Crippen LogP contribution in [0.15, 0.2) is 113 Å². The number of primary amides is 1. The summed E-state index contributed by atoms with van der Waals surface area (Å²) in [6.07, 6.45) is -0.685. The van der Waals surface area contributed by atoms with Crippen molar-refractivity contribution in [2.45, 2.75) is 134 Å². The summed E-state index contributed by atoms with van der Waals surface area (Å²) in [6, 6.07) is 21.6. The zero-order valence-corrected chi connectivity index (χ0v) is 62.1. The number of carbonyl (C=O) groups excluding carboxylic acids is 8. The summed E-state index contributed by atoms with van der Waals surface area (Å²) in [5.41, 5.74) is 8.76. The molecular weight excluding hydrogens is 1400 g/mol. The zero-order chi connectivity index (χ0) is 77.4. The van der Waals surface area contributed by atoms with Gasteiger partial charge in [0.2, 0.25) is 29.2 Å². The van der Waals surface area contributed by atoms with Crippen molar-refractivity contribution in [1.82, 2.24) is 55.7 Å². The molecule has 0 aliphatic carbocycles. The number of likely N-dealkylation sites (N-methyl/N-ethyl adjacent to an activating group) is 3. The number of carbonyl (C=O) groups is 9. The maximum Gasteiger partial charge on any atom is 0.355 e. The van der Waals surface area contributed by atoms with Gasteiger partial charge in [-0.3, -0.25) is 43.7 Å². The topological polar surface area (TPSA) is 429 Å². The van der Waals surface area contributed by atoms with Gasteiger partial charge in [0.15, 0.2) is 6.35 Å². The monoisotopic (exact) mass is 1500 g/mol. The second kappa shape index (κ2) is 36.1. The first-order valence-electron chi connectivity index (χ1n) is 35.7. The van der Waals surface area contributed by atoms with Crippen LogP contribution in [-0.2, 0) is 78.2 Å². The summed E-state index contributed by atoms with van der Waals surface area (Å²) in [5, 5.41) is 43.6. The van der Waals surface area contributed by atoms with Crippen LogP contribution in [0.25, 0.3) is 22.3 Å². The van der Waals surface area contributed by atoms with Gasteiger partial charge in [0.05, 0.1) is 53.3 Å². The molecule has 33 heteroatoms. The van der Waals surface area contributed by atoms with Crippen LogP contribution >= 0.6 is 0 Å². The number of carboxylic acid groups (broad SMARTS) is 1. The Morgan fingerprint density at radius 3 is 2.11 bits per heavy atom. The largest absolute Gasteiger partial charge is 0.481 e. The summed E-state index contributed by atoms with van der Waals surface area (Å²) in [5.74, 6) is -6.53. The first kappa shape index (κ1) is 80.5. The molecule has 13 N–H and O–H groups in total. The number of hydrogen-bond acceptors (Lipinski definition) is 21. The van der Waals surface area contributed by atoms with E-state index < -0.39 is 124 Å². The summed E-state index contributed by atoms with van der Waals surface area (Å²) < 4.78 is 42.7. The van der Waals surface area contributed by atoms with E-state index in [0.29, 0.717) is 93.4 Å². The van der Waals surface area contributed by atoms with Gasteiger partial charge < -0.3 is 81.9 Å². The lowest BCUT2D eigenvalue weighted by atomic mass is 9.85. The predicted molar refractivity (Wildman–Crippen MR) is 400 cm³/mol. The Hall–Kier alpha value is -10.6. The number of amides is 8. The average molecular weight is 1500 g/mol. The highest BCUT2D eigenvalue weighted by molar-refractivity contribution is 7.92. The number of likely N-dealkylation sites (tertiary alicyclic amines) is 1. The molecule has 2 aromatic heterocycles. The number of anilines is 4. The van der Waals surface area contributed by atoms with Crippen molar-refractivity contribution in [2.24, 2.45) is 11.7 Å². The number of cyclic esters (lactones) is 1. The molecule has 32 nitrogen and oxygen atoms in total. The Kier molecular flexibility index (Phi) is 27.2. The molecule has 0 radical (unpaired) electrons. The molecule has 8 amide bonds. The molecule has 0 spiro atoms. The number of pyridine rings is 2. The van der Waals surface area contributed by atoms with E-state index in [1.54, 1.807) is 79.8 Å². The molecule has 0 bridgehead atoms. The van der Waals surface area contributed by atoms with Crippen molar-refractivity contribution in [2.75, 3.05) is 101 Å². The number of para-hydroxylation sites is 1. The lowest BCUT2D eigenvalue weighted by Crippen LogP contribution is -2.58. The number of benzene rings is 4. The molecule has 3 aliphatic rings. The number of aryl methyl sites for hydroxylation is 1. The van der Waals surface area contributed by atoms with Gasteiger partial charge in [0.25, 0.3) is 15.6 Å². The molecule has 6 atom stereocenters. The number of rotatable bonds is 36. The number of urea groups is 2. The zero-order valence-electron chi connectivity index (χ0n) is 61.3. The highest BCUT2D eigenvalue weighted by atomic mass is 32.2. The molecule has 1 fully saturated rings. The number of aliphatic hydroxyl groups excluding tert-OH is 1. The highest BCUT2D eigenvalue weighted by Gasteiger charge is 2.52. The predicted octanol–water partition coefficient (Wildman–Crippen LogP) is 4.13. The molecule has 1 saturated heterocycles. The maximum absolute atomic E-state index is 14.5. The van der Waals surface area contributed by atoms with E-state index in [-0.39, 0.29) is 66.5 Å². The Balaban J connectivity index is 0.691. The van der Waals surface area contributed by atoms with Crippen molar-refractivity contribution >= 4 is 97.3 Å². The molecule has 107 heavy (non-hydrogen) atoms. The number of esters is 2. The number of sulfonamides is 1. The van der Waals surface area contributed by atoms with Crippen LogP contribution in [0.4, 0.5) is 32.3 Å². The molecule has 4 aromatic carbocycles. The van der Waals surface area contributed by atoms with E-state index in [2.05, 4.69) is 52.2 Å². The highest BCUT2D eigenvalue weighted by Crippen LogP contribution is 2.43. The van der Waals surface area contributed by atoms with Crippen LogP contribution in [0.3, 0.4) is 0 Å². The fourth-order valence-electron chi connectivity index (χ4n) is 13.2. The number of ether oxygens (including phenoxy) is 2. The third-order valence-corrected chi connectivity index (χ3v) is 20.4. The minimum absolute atomic E-state index is 0.0933. The molecule has 3 aliphatic heterocycles. The van der Waals surface area contributed by atoms with Gasteiger partial charge in [-0.15, -0.1) is 0 Å². The summed E-state index contributed by atoms with van der Waals surface area (Å²) in [7, 11) is 1.37. The quantitative estimate of drug-likeness (QED) is 0.0194. The van der Waals surface area contributed by atoms with Crippen LogP contribution in [0, 0.1) is 5.92 Å². The van der Waals surface area contributed by atoms with Gasteiger partial charge in [-0.2, -0.15) is 0 Å². The molecule has 1 unspecified atom stereocenters. The van der Waals surface area contributed by atoms with E-state index in [4.69, 9.17) is 20.2 Å². The second-order valence-corrected chi connectivity index (χ2v) is 29.0. The molecule has 9 rings (SSSR count). The van der Waals surface area contributed by atoms with Crippen LogP contribution in [-0.4, -0.2) is 206 Å². The SMILES string of the molecule is CCCNC(=O)Nc1cccc(S(=O)(=O)Nc2cccc([C@H](CC(=O)O)NC(O)Nc3ccc(NC(=O)NCCN(C)CCN(C)CCN(C)CC(=O)N[C@@H](CC(N)=O)C(=O)N4CCC[C@H]4C(=O)N[C@H](C(=O)O[C@]4(CC)C(=O)OCc5c4cc4n(c5=O)Cc5c-4nc4ccccc4c5CC)C(C)C)cc3)c2)c1. The van der Waals surface area contributed by atoms with Gasteiger partial charge in [0.1, 0.15) is 24.7 Å². The first-order valence-corrected chi connectivity index (χ1v) is 37.2. The summed E-state index contributed by atoms with van der Waals surface area (Å²) in [6.45, 7) is 12.2. The van der Waals surface area contributed by atoms with E-state index >= 15 is 0 Å². The van der Waals surface area contributed by atoms with E-state index in [1.807, 2.05) is 57.1 Å². The number of aromatic nitrogens is 2. The summed E-state index contributed by atoms with van der Waals surface area (Å²) in [4.78, 5) is 147. The number of nitrogens with one attached hydrogen (secondary N) is 9. The smallest absolute Gasteiger partial charge is 0.355 e. The van der Waals surface area contributed by atoms with Crippen molar-refractivity contribution in [3.05, 3.63) is 141 Å². The van der Waals surface area contributed by atoms with Gasteiger partial charge in [0, 0.05) is 97.7 Å². The molecule has 0 saturated carbocycles. The number of carboxylic acids is 1. The first-order chi connectivity index (χ1) is 51.0. The van der Waals surface area contributed by atoms with Gasteiger partial charge in [-0.1, -0.05) is 71.0 Å². The van der Waals surface area contributed by atoms with Crippen LogP contribution in [0.5, 0.6) is 0 Å². The van der Waals surface area contributed by atoms with Crippen molar-refractivity contribution in [1.29, 1.82) is 0 Å². The lowest BCUT2D eigenvalue weighted by molar-refractivity contribution is -0.191. The third kappa shape index (κ3) is 20.3. The average Bonchev–Trinajstić information content (AvgIpc) is 1.63. The van der Waals surface area contributed by atoms with Gasteiger partial charge in [-0.25, -0.2) is 32.6 Å². The Morgan fingerprint density at radius 2 is 1.43 bits per heavy atom. The maximum atomic E-state index is 14.5. The Labute approximate surface area is 620 Å². The van der Waals surface area contributed by atoms with Crippen LogP contribution < -0.4 is 58.5 Å². The lowest BCUT2D eigenvalue weighted by Gasteiger charge is -2.37. The van der Waals surface area contributed by atoms with E-state index in [0.717, 1.165) is 22.0 Å². The fourth-order valence-corrected chi connectivity index (χ4v) is 14.3. The third-order valence-electron chi connectivity index (χ3n) is 19.0. The number of aliphatic hydroxyl groups is 1. The Morgan fingerprint density at radius 1 is 0.766 bits per heavy atom. The number of nitrogens with two attached hydrogens (primary N) is 1. The normalized spacial score (nSPS) is 16.4. The fraction of sp³-hybridized carbons (Fsp3) is 0.446. The van der Waals surface area contributed by atoms with E-state index in [9.17, 15) is 66.6 Å². The van der Waals surface area contributed by atoms with Crippen LogP contribution in [0.2, 0.25) is 0 Å². The summed E-state index contributed by atoms with van der Waals surface area (Å²) >= 11 is 0. The van der Waals surface area contributed by atoms with E-state index in [1.165, 1.54) is 41.3 Å². The molecule has 5 heterocycles. The standard InChI is InChI=1S/C74H96N16O16S/c1-9-28-76-71(100)80-48-18-15-20-50(37-48)107(103,104)85-49-19-14-17-45(36-49)57(40-63(93)94)83-73(102)79-47-26-24-46(25-27-47)78-72(101)77-29-31-86(6)32-33-87(7)34-35-88(8)42-62(92)81-58(39-61(75)91)68(97)89-30-16-23-59(89)66(95)84-64(44(4)5)69(98)106-74(11-3)55-38-60-65-53(41-90(60)67(96)54(55)43-105-70(74)99)51(10-2)52-21-12-13-22-56(52)82-65/h12-15,17-22,24-27,36-38,44,57-59,64,73,79,83,85,102H,9-11,16,23,28-35,39-43H2,1-8H3,(H2,75,91)(H,81,92)(H,84,95)(H,93,94)(H2,76,80,100)(H2,77,78,101)/t57-,58-,59-,64-,73?,74-/m0/s1. The number of hydrogen-bond donors (Lipinski definition) is 12. The Bertz CT molecular complexity index is 4460. The second-order valence-electron chi connectivity index (χ2n) is 27.3. The number of nitrogens with zero attached hydrogens (tertiary/aromatic N) is 6. The van der Waals surface area contributed by atoms with Crippen molar-refractivity contribution in [3.63, 3.8) is 0 Å². The van der Waals surface area contributed by atoms with Crippen molar-refractivity contribution < 1.29 is 71.3 Å². The molecule has 6 aromatic rings. The minimum atomic E-state index is -4.17.